The van der Waals surface area contributed by atoms with Crippen LogP contribution in [0, 0.1) is 13.8 Å². The summed E-state index contributed by atoms with van der Waals surface area (Å²) in [5, 5.41) is 2.77. The molecule has 2 aromatic rings. The lowest BCUT2D eigenvalue weighted by molar-refractivity contribution is -0.123. The molecule has 0 aliphatic carbocycles. The Labute approximate surface area is 181 Å². The van der Waals surface area contributed by atoms with Gasteiger partial charge in [0.2, 0.25) is 0 Å². The van der Waals surface area contributed by atoms with Crippen molar-refractivity contribution in [2.45, 2.75) is 53.2 Å². The standard InChI is InChI=1S/C24H26N2O5/c1-6-14(3)26-22(28)18-11-10-17(12-19(18)23(26)29)24(30)31-16(5)21(27)25-20-9-7-8-13(2)15(20)4/h7-12,14,16H,6H2,1-5H3,(H,25,27)/t14-,16-/m1/s1. The molecule has 1 N–H and O–H groups in total. The first-order chi connectivity index (χ1) is 14.6. The summed E-state index contributed by atoms with van der Waals surface area (Å²) in [6.45, 7) is 9.00. The van der Waals surface area contributed by atoms with E-state index in [1.165, 1.54) is 30.0 Å². The molecule has 0 spiro atoms. The van der Waals surface area contributed by atoms with Crippen molar-refractivity contribution in [1.82, 2.24) is 4.90 Å². The van der Waals surface area contributed by atoms with E-state index in [-0.39, 0.29) is 28.6 Å². The predicted molar refractivity (Wildman–Crippen MR) is 116 cm³/mol. The molecule has 0 aromatic heterocycles. The minimum absolute atomic E-state index is 0.109. The zero-order chi connectivity index (χ0) is 22.9. The molecule has 162 valence electrons. The predicted octanol–water partition coefficient (Wildman–Crippen LogP) is 3.88. The van der Waals surface area contributed by atoms with E-state index in [0.717, 1.165) is 11.1 Å². The fourth-order valence-electron chi connectivity index (χ4n) is 3.37. The van der Waals surface area contributed by atoms with Gasteiger partial charge in [-0.25, -0.2) is 4.79 Å². The number of rotatable bonds is 6. The Morgan fingerprint density at radius 2 is 1.71 bits per heavy atom. The quantitative estimate of drug-likeness (QED) is 0.563. The van der Waals surface area contributed by atoms with E-state index < -0.39 is 23.9 Å². The van der Waals surface area contributed by atoms with E-state index in [2.05, 4.69) is 5.32 Å². The SMILES string of the molecule is CC[C@@H](C)N1C(=O)c2ccc(C(=O)O[C@H](C)C(=O)Nc3cccc(C)c3C)cc2C1=O. The average Bonchev–Trinajstić information content (AvgIpc) is 3.00. The van der Waals surface area contributed by atoms with E-state index in [1.807, 2.05) is 32.9 Å². The van der Waals surface area contributed by atoms with Crippen molar-refractivity contribution in [1.29, 1.82) is 0 Å². The van der Waals surface area contributed by atoms with Gasteiger partial charge >= 0.3 is 5.97 Å². The molecule has 1 aliphatic heterocycles. The lowest BCUT2D eigenvalue weighted by atomic mass is 10.1. The first-order valence-electron chi connectivity index (χ1n) is 10.3. The Morgan fingerprint density at radius 3 is 2.39 bits per heavy atom. The van der Waals surface area contributed by atoms with Crippen molar-refractivity contribution in [2.75, 3.05) is 5.32 Å². The number of ether oxygens (including phenoxy) is 1. The lowest BCUT2D eigenvalue weighted by Gasteiger charge is -2.20. The van der Waals surface area contributed by atoms with Crippen molar-refractivity contribution in [3.63, 3.8) is 0 Å². The van der Waals surface area contributed by atoms with Crippen molar-refractivity contribution >= 4 is 29.4 Å². The maximum Gasteiger partial charge on any atom is 0.338 e. The van der Waals surface area contributed by atoms with Crippen LogP contribution in [0.2, 0.25) is 0 Å². The molecule has 3 rings (SSSR count). The minimum atomic E-state index is -1.05. The summed E-state index contributed by atoms with van der Waals surface area (Å²) in [6, 6.07) is 9.56. The van der Waals surface area contributed by atoms with Crippen LogP contribution in [-0.2, 0) is 9.53 Å². The molecule has 3 amide bonds. The van der Waals surface area contributed by atoms with E-state index in [4.69, 9.17) is 4.74 Å². The molecule has 31 heavy (non-hydrogen) atoms. The summed E-state index contributed by atoms with van der Waals surface area (Å²) in [7, 11) is 0. The molecule has 2 aromatic carbocycles. The van der Waals surface area contributed by atoms with Gasteiger partial charge in [0.05, 0.1) is 16.7 Å². The molecule has 0 unspecified atom stereocenters. The highest BCUT2D eigenvalue weighted by molar-refractivity contribution is 6.22. The summed E-state index contributed by atoms with van der Waals surface area (Å²) in [5.74, 6) is -1.99. The third kappa shape index (κ3) is 4.21. The molecule has 2 atom stereocenters. The van der Waals surface area contributed by atoms with Gasteiger partial charge in [-0.3, -0.25) is 19.3 Å². The maximum atomic E-state index is 12.7. The van der Waals surface area contributed by atoms with Gasteiger partial charge in [0.1, 0.15) is 0 Å². The highest BCUT2D eigenvalue weighted by atomic mass is 16.5. The number of fused-ring (bicyclic) bond motifs is 1. The Bertz CT molecular complexity index is 1080. The number of imide groups is 1. The zero-order valence-electron chi connectivity index (χ0n) is 18.3. The summed E-state index contributed by atoms with van der Waals surface area (Å²) in [6.07, 6.45) is -0.414. The average molecular weight is 422 g/mol. The topological polar surface area (TPSA) is 92.8 Å². The van der Waals surface area contributed by atoms with E-state index in [9.17, 15) is 19.2 Å². The van der Waals surface area contributed by atoms with Gasteiger partial charge in [0.25, 0.3) is 17.7 Å². The zero-order valence-corrected chi connectivity index (χ0v) is 18.3. The third-order valence-electron chi connectivity index (χ3n) is 5.70. The van der Waals surface area contributed by atoms with Crippen LogP contribution in [0.15, 0.2) is 36.4 Å². The normalized spacial score (nSPS) is 14.8. The number of nitrogens with zero attached hydrogens (tertiary/aromatic N) is 1. The Morgan fingerprint density at radius 1 is 1.03 bits per heavy atom. The molecule has 0 saturated heterocycles. The van der Waals surface area contributed by atoms with Gasteiger partial charge in [0.15, 0.2) is 6.10 Å². The number of carbonyl (C=O) groups excluding carboxylic acids is 4. The monoisotopic (exact) mass is 422 g/mol. The first-order valence-corrected chi connectivity index (χ1v) is 10.3. The van der Waals surface area contributed by atoms with Gasteiger partial charge < -0.3 is 10.1 Å². The number of esters is 1. The molecule has 7 heteroatoms. The van der Waals surface area contributed by atoms with Crippen LogP contribution in [0.4, 0.5) is 5.69 Å². The molecule has 1 aliphatic rings. The van der Waals surface area contributed by atoms with E-state index in [1.54, 1.807) is 13.0 Å². The second kappa shape index (κ2) is 8.71. The Balaban J connectivity index is 1.72. The van der Waals surface area contributed by atoms with Crippen LogP contribution in [0.5, 0.6) is 0 Å². The number of carbonyl (C=O) groups is 4. The molecule has 0 fully saturated rings. The maximum absolute atomic E-state index is 12.7. The highest BCUT2D eigenvalue weighted by Crippen LogP contribution is 2.27. The molecular formula is C24H26N2O5. The van der Waals surface area contributed by atoms with Crippen molar-refractivity contribution < 1.29 is 23.9 Å². The van der Waals surface area contributed by atoms with E-state index >= 15 is 0 Å². The highest BCUT2D eigenvalue weighted by Gasteiger charge is 2.38. The number of nitrogens with one attached hydrogen (secondary N) is 1. The Hall–Kier alpha value is -3.48. The van der Waals surface area contributed by atoms with Crippen LogP contribution in [-0.4, -0.2) is 40.7 Å². The molecule has 1 heterocycles. The number of benzene rings is 2. The first kappa shape index (κ1) is 22.2. The number of amides is 3. The fourth-order valence-corrected chi connectivity index (χ4v) is 3.37. The van der Waals surface area contributed by atoms with Gasteiger partial charge in [-0.2, -0.15) is 0 Å². The van der Waals surface area contributed by atoms with Gasteiger partial charge in [-0.1, -0.05) is 19.1 Å². The van der Waals surface area contributed by atoms with Crippen LogP contribution in [0.1, 0.15) is 69.4 Å². The van der Waals surface area contributed by atoms with Crippen LogP contribution in [0.3, 0.4) is 0 Å². The lowest BCUT2D eigenvalue weighted by Crippen LogP contribution is -2.37. The Kier molecular flexibility index (Phi) is 6.24. The fraction of sp³-hybridized carbons (Fsp3) is 0.333. The number of hydrogen-bond acceptors (Lipinski definition) is 5. The molecule has 0 radical (unpaired) electrons. The summed E-state index contributed by atoms with van der Waals surface area (Å²) < 4.78 is 5.30. The number of anilines is 1. The number of aryl methyl sites for hydroxylation is 1. The minimum Gasteiger partial charge on any atom is -0.449 e. The molecule has 0 saturated carbocycles. The van der Waals surface area contributed by atoms with Crippen molar-refractivity contribution in [2.24, 2.45) is 0 Å². The molecular weight excluding hydrogens is 396 g/mol. The van der Waals surface area contributed by atoms with Crippen molar-refractivity contribution in [3.05, 3.63) is 64.2 Å². The largest absolute Gasteiger partial charge is 0.449 e. The van der Waals surface area contributed by atoms with Gasteiger partial charge in [0, 0.05) is 11.7 Å². The second-order valence-corrected chi connectivity index (χ2v) is 7.78. The second-order valence-electron chi connectivity index (χ2n) is 7.78. The van der Waals surface area contributed by atoms with Crippen LogP contribution < -0.4 is 5.32 Å². The summed E-state index contributed by atoms with van der Waals surface area (Å²) in [4.78, 5) is 51.5. The third-order valence-corrected chi connectivity index (χ3v) is 5.70. The molecule has 0 bridgehead atoms. The molecule has 7 nitrogen and oxygen atoms in total. The van der Waals surface area contributed by atoms with E-state index in [0.29, 0.717) is 12.1 Å². The van der Waals surface area contributed by atoms with Crippen LogP contribution >= 0.6 is 0 Å². The summed E-state index contributed by atoms with van der Waals surface area (Å²) in [5.41, 5.74) is 3.17. The van der Waals surface area contributed by atoms with Crippen molar-refractivity contribution in [3.8, 4) is 0 Å². The van der Waals surface area contributed by atoms with Crippen LogP contribution in [0.25, 0.3) is 0 Å². The smallest absolute Gasteiger partial charge is 0.338 e. The van der Waals surface area contributed by atoms with Gasteiger partial charge in [-0.05, 0) is 69.5 Å². The summed E-state index contributed by atoms with van der Waals surface area (Å²) >= 11 is 0. The number of hydrogen-bond donors (Lipinski definition) is 1. The van der Waals surface area contributed by atoms with Gasteiger partial charge in [-0.15, -0.1) is 0 Å².